The van der Waals surface area contributed by atoms with Crippen LogP contribution >= 0.6 is 0 Å². The zero-order valence-electron chi connectivity index (χ0n) is 21.8. The highest BCUT2D eigenvalue weighted by molar-refractivity contribution is 5.59. The first-order valence-electron chi connectivity index (χ1n) is 12.1. The molecule has 5 rings (SSSR count). The lowest BCUT2D eigenvalue weighted by Gasteiger charge is -2.07. The Kier molecular flexibility index (Phi) is 6.63. The quantitative estimate of drug-likeness (QED) is 0.283. The number of aromatic nitrogens is 4. The minimum absolute atomic E-state index is 0.104. The van der Waals surface area contributed by atoms with Gasteiger partial charge in [-0.2, -0.15) is 5.11 Å². The summed E-state index contributed by atoms with van der Waals surface area (Å²) in [6, 6.07) is 22.9. The smallest absolute Gasteiger partial charge is 0.299 e. The van der Waals surface area contributed by atoms with Crippen molar-refractivity contribution in [1.82, 2.24) is 18.7 Å². The molecule has 0 fully saturated rings. The number of para-hydroxylation sites is 2. The Morgan fingerprint density at radius 1 is 0.615 bits per heavy atom. The number of phenolic OH excluding ortho intramolecular Hbond substituents is 1. The van der Waals surface area contributed by atoms with Crippen molar-refractivity contribution in [1.29, 1.82) is 0 Å². The van der Waals surface area contributed by atoms with Gasteiger partial charge in [0.05, 0.1) is 28.5 Å². The van der Waals surface area contributed by atoms with Crippen molar-refractivity contribution < 1.29 is 5.11 Å². The zero-order chi connectivity index (χ0) is 27.7. The van der Waals surface area contributed by atoms with E-state index >= 15 is 0 Å². The van der Waals surface area contributed by atoms with Gasteiger partial charge in [0.25, 0.3) is 11.1 Å². The van der Waals surface area contributed by atoms with E-state index in [1.54, 1.807) is 43.4 Å². The first-order valence-corrected chi connectivity index (χ1v) is 12.1. The van der Waals surface area contributed by atoms with Crippen LogP contribution in [-0.4, -0.2) is 23.8 Å². The SMILES string of the molecule is Cc1c(N=Nc2ccc(O)c(N=Nc3c(C)n(C)n(-c4ccccc4)c3=O)c2)c(=O)n(-c2ccccc2)n1C. The first-order chi connectivity index (χ1) is 18.8. The van der Waals surface area contributed by atoms with Crippen LogP contribution in [0, 0.1) is 13.8 Å². The minimum atomic E-state index is -0.338. The highest BCUT2D eigenvalue weighted by Crippen LogP contribution is 2.33. The van der Waals surface area contributed by atoms with Crippen LogP contribution in [0.15, 0.2) is 109 Å². The van der Waals surface area contributed by atoms with Gasteiger partial charge < -0.3 is 5.11 Å². The fraction of sp³-hybridized carbons (Fsp3) is 0.143. The summed E-state index contributed by atoms with van der Waals surface area (Å²) in [6.07, 6.45) is 0. The molecule has 0 saturated heterocycles. The molecule has 11 heteroatoms. The summed E-state index contributed by atoms with van der Waals surface area (Å²) in [7, 11) is 3.54. The number of aromatic hydroxyl groups is 1. The van der Waals surface area contributed by atoms with E-state index in [4.69, 9.17) is 0 Å². The van der Waals surface area contributed by atoms with Gasteiger partial charge in [-0.3, -0.25) is 19.0 Å². The number of rotatable bonds is 6. The van der Waals surface area contributed by atoms with E-state index in [1.807, 2.05) is 60.7 Å². The third-order valence-corrected chi connectivity index (χ3v) is 6.53. The molecular formula is C28H26N8O3. The molecule has 11 nitrogen and oxygen atoms in total. The molecule has 2 heterocycles. The predicted molar refractivity (Wildman–Crippen MR) is 148 cm³/mol. The number of azo groups is 2. The molecule has 5 aromatic rings. The number of hydrogen-bond acceptors (Lipinski definition) is 7. The molecule has 0 unspecified atom stereocenters. The van der Waals surface area contributed by atoms with Gasteiger partial charge in [0.2, 0.25) is 0 Å². The summed E-state index contributed by atoms with van der Waals surface area (Å²) in [5, 5.41) is 27.1. The number of nitrogens with zero attached hydrogens (tertiary/aromatic N) is 8. The maximum absolute atomic E-state index is 13.1. The molecule has 0 aliphatic rings. The monoisotopic (exact) mass is 522 g/mol. The molecule has 0 saturated carbocycles. The average molecular weight is 523 g/mol. The van der Waals surface area contributed by atoms with Gasteiger partial charge in [0.1, 0.15) is 11.4 Å². The lowest BCUT2D eigenvalue weighted by Crippen LogP contribution is -2.19. The normalized spacial score (nSPS) is 11.7. The molecule has 2 aromatic heterocycles. The summed E-state index contributed by atoms with van der Waals surface area (Å²) in [4.78, 5) is 26.2. The van der Waals surface area contributed by atoms with Gasteiger partial charge in [0, 0.05) is 14.1 Å². The second-order valence-corrected chi connectivity index (χ2v) is 8.89. The van der Waals surface area contributed by atoms with Crippen LogP contribution in [-0.2, 0) is 14.1 Å². The summed E-state index contributed by atoms with van der Waals surface area (Å²) >= 11 is 0. The maximum atomic E-state index is 13.1. The highest BCUT2D eigenvalue weighted by Gasteiger charge is 2.17. The van der Waals surface area contributed by atoms with Gasteiger partial charge >= 0.3 is 0 Å². The molecule has 0 radical (unpaired) electrons. The number of benzene rings is 3. The second-order valence-electron chi connectivity index (χ2n) is 8.89. The lowest BCUT2D eigenvalue weighted by molar-refractivity contribution is 0.476. The molecule has 0 aliphatic heterocycles. The molecule has 0 spiro atoms. The van der Waals surface area contributed by atoms with Crippen molar-refractivity contribution in [2.75, 3.05) is 0 Å². The van der Waals surface area contributed by atoms with Crippen molar-refractivity contribution in [2.24, 2.45) is 34.6 Å². The van der Waals surface area contributed by atoms with E-state index in [9.17, 15) is 14.7 Å². The van der Waals surface area contributed by atoms with Crippen molar-refractivity contribution in [3.8, 4) is 17.1 Å². The first kappa shape index (κ1) is 25.3. The van der Waals surface area contributed by atoms with E-state index in [0.717, 1.165) is 0 Å². The predicted octanol–water partition coefficient (Wildman–Crippen LogP) is 5.82. The van der Waals surface area contributed by atoms with Crippen LogP contribution in [0.4, 0.5) is 22.7 Å². The molecule has 1 N–H and O–H groups in total. The Morgan fingerprint density at radius 2 is 1.08 bits per heavy atom. The number of hydrogen-bond donors (Lipinski definition) is 1. The van der Waals surface area contributed by atoms with E-state index in [-0.39, 0.29) is 33.9 Å². The van der Waals surface area contributed by atoms with Gasteiger partial charge in [-0.15, -0.1) is 15.3 Å². The third-order valence-electron chi connectivity index (χ3n) is 6.53. The summed E-state index contributed by atoms with van der Waals surface area (Å²) in [6.45, 7) is 3.56. The standard InChI is InChI=1S/C28H26N8O3/c1-18-25(27(38)35(33(18)3)21-11-7-5-8-12-21)31-29-20-15-16-24(37)23(17-20)30-32-26-19(2)34(4)36(28(26)39)22-13-9-6-10-14-22/h5-17,37H,1-4H3. The fourth-order valence-corrected chi connectivity index (χ4v) is 4.20. The van der Waals surface area contributed by atoms with Gasteiger partial charge in [0.15, 0.2) is 11.4 Å². The van der Waals surface area contributed by atoms with E-state index in [0.29, 0.717) is 28.5 Å². The molecule has 196 valence electrons. The molecule has 0 atom stereocenters. The van der Waals surface area contributed by atoms with Crippen LogP contribution < -0.4 is 11.1 Å². The third kappa shape index (κ3) is 4.61. The topological polar surface area (TPSA) is 124 Å². The molecule has 0 aliphatic carbocycles. The van der Waals surface area contributed by atoms with Crippen molar-refractivity contribution in [2.45, 2.75) is 13.8 Å². The van der Waals surface area contributed by atoms with Gasteiger partial charge in [-0.1, -0.05) is 36.4 Å². The average Bonchev–Trinajstić information content (AvgIpc) is 3.29. The van der Waals surface area contributed by atoms with E-state index in [1.165, 1.54) is 21.5 Å². The summed E-state index contributed by atoms with van der Waals surface area (Å²) < 4.78 is 6.43. The van der Waals surface area contributed by atoms with Crippen molar-refractivity contribution in [3.63, 3.8) is 0 Å². The van der Waals surface area contributed by atoms with Gasteiger partial charge in [-0.25, -0.2) is 9.36 Å². The molecule has 0 bridgehead atoms. The fourth-order valence-electron chi connectivity index (χ4n) is 4.20. The van der Waals surface area contributed by atoms with Crippen LogP contribution in [0.2, 0.25) is 0 Å². The Bertz CT molecular complexity index is 1840. The Labute approximate surface area is 223 Å². The number of phenols is 1. The zero-order valence-corrected chi connectivity index (χ0v) is 21.8. The summed E-state index contributed by atoms with van der Waals surface area (Å²) in [5.41, 5.74) is 2.80. The van der Waals surface area contributed by atoms with Crippen LogP contribution in [0.1, 0.15) is 11.4 Å². The second kappa shape index (κ2) is 10.2. The Morgan fingerprint density at radius 3 is 1.56 bits per heavy atom. The molecule has 0 amide bonds. The van der Waals surface area contributed by atoms with Crippen LogP contribution in [0.5, 0.6) is 5.75 Å². The van der Waals surface area contributed by atoms with Gasteiger partial charge in [-0.05, 0) is 56.3 Å². The van der Waals surface area contributed by atoms with Crippen LogP contribution in [0.25, 0.3) is 11.4 Å². The van der Waals surface area contributed by atoms with E-state index in [2.05, 4.69) is 20.5 Å². The van der Waals surface area contributed by atoms with Crippen molar-refractivity contribution >= 4 is 22.7 Å². The summed E-state index contributed by atoms with van der Waals surface area (Å²) in [5.74, 6) is -0.142. The molecule has 3 aromatic carbocycles. The maximum Gasteiger partial charge on any atom is 0.299 e. The van der Waals surface area contributed by atoms with E-state index < -0.39 is 0 Å². The highest BCUT2D eigenvalue weighted by atomic mass is 16.3. The Hall–Kier alpha value is -5.32. The van der Waals surface area contributed by atoms with Crippen LogP contribution in [0.3, 0.4) is 0 Å². The van der Waals surface area contributed by atoms with Crippen molar-refractivity contribution in [3.05, 3.63) is 111 Å². The largest absolute Gasteiger partial charge is 0.506 e. The lowest BCUT2D eigenvalue weighted by atomic mass is 10.2. The molecule has 39 heavy (non-hydrogen) atoms. The molecular weight excluding hydrogens is 496 g/mol. The minimum Gasteiger partial charge on any atom is -0.506 e. The Balaban J connectivity index is 1.47.